The van der Waals surface area contributed by atoms with Gasteiger partial charge in [0.25, 0.3) is 0 Å². The van der Waals surface area contributed by atoms with Crippen LogP contribution < -0.4 is 0 Å². The van der Waals surface area contributed by atoms with Crippen molar-refractivity contribution in [2.24, 2.45) is 0 Å². The van der Waals surface area contributed by atoms with Gasteiger partial charge in [-0.3, -0.25) is 4.79 Å². The fourth-order valence-corrected chi connectivity index (χ4v) is 2.28. The predicted octanol–water partition coefficient (Wildman–Crippen LogP) is 2.30. The third-order valence-corrected chi connectivity index (χ3v) is 3.39. The lowest BCUT2D eigenvalue weighted by Crippen LogP contribution is -2.51. The number of nitriles is 1. The lowest BCUT2D eigenvalue weighted by Gasteiger charge is -2.39. The lowest BCUT2D eigenvalue weighted by atomic mass is 9.81. The molecule has 0 radical (unpaired) electrons. The molecule has 3 nitrogen and oxygen atoms in total. The Morgan fingerprint density at radius 3 is 2.40 bits per heavy atom. The summed E-state index contributed by atoms with van der Waals surface area (Å²) in [6, 6.07) is 2.30. The van der Waals surface area contributed by atoms with Gasteiger partial charge in [0.05, 0.1) is 6.07 Å². The van der Waals surface area contributed by atoms with E-state index in [9.17, 15) is 10.1 Å². The zero-order chi connectivity index (χ0) is 11.5. The van der Waals surface area contributed by atoms with Crippen LogP contribution in [0.15, 0.2) is 0 Å². The molecule has 4 heteroatoms. The van der Waals surface area contributed by atoms with Gasteiger partial charge in [0.15, 0.2) is 0 Å². The molecule has 1 aliphatic rings. The van der Waals surface area contributed by atoms with Crippen LogP contribution in [0.2, 0.25) is 0 Å². The molecule has 0 aromatic rings. The maximum atomic E-state index is 11.7. The fourth-order valence-electron chi connectivity index (χ4n) is 2.14. The molecule has 0 N–H and O–H groups in total. The van der Waals surface area contributed by atoms with Crippen molar-refractivity contribution in [3.05, 3.63) is 0 Å². The van der Waals surface area contributed by atoms with E-state index in [2.05, 4.69) is 6.07 Å². The van der Waals surface area contributed by atoms with Crippen molar-refractivity contribution in [1.29, 1.82) is 5.26 Å². The van der Waals surface area contributed by atoms with Crippen molar-refractivity contribution in [2.45, 2.75) is 49.9 Å². The largest absolute Gasteiger partial charge is 0.326 e. The summed E-state index contributed by atoms with van der Waals surface area (Å²) in [5, 5.41) is 8.70. The maximum Gasteiger partial charge on any atom is 0.241 e. The van der Waals surface area contributed by atoms with Gasteiger partial charge in [-0.1, -0.05) is 19.3 Å². The second kappa shape index (κ2) is 4.85. The Morgan fingerprint density at radius 2 is 2.00 bits per heavy atom. The van der Waals surface area contributed by atoms with E-state index in [0.717, 1.165) is 32.1 Å². The highest BCUT2D eigenvalue weighted by molar-refractivity contribution is 6.30. The highest BCUT2D eigenvalue weighted by Crippen LogP contribution is 2.32. The number of carbonyl (C=O) groups is 1. The highest BCUT2D eigenvalue weighted by atomic mass is 35.5. The number of alkyl halides is 1. The van der Waals surface area contributed by atoms with Crippen LogP contribution in [0.1, 0.15) is 39.0 Å². The van der Waals surface area contributed by atoms with Crippen LogP contribution in [0.4, 0.5) is 0 Å². The predicted molar refractivity (Wildman–Crippen MR) is 59.5 cm³/mol. The van der Waals surface area contributed by atoms with Gasteiger partial charge in [0.2, 0.25) is 5.91 Å². The SMILES string of the molecule is CC(Cl)C(=O)N(C)C1(C#N)CCCCC1. The Hall–Kier alpha value is -0.750. The van der Waals surface area contributed by atoms with E-state index in [1.165, 1.54) is 0 Å². The number of hydrogen-bond donors (Lipinski definition) is 0. The van der Waals surface area contributed by atoms with E-state index < -0.39 is 10.9 Å². The molecular formula is C11H17ClN2O. The van der Waals surface area contributed by atoms with E-state index in [4.69, 9.17) is 11.6 Å². The van der Waals surface area contributed by atoms with Gasteiger partial charge in [-0.2, -0.15) is 5.26 Å². The summed E-state index contributed by atoms with van der Waals surface area (Å²) >= 11 is 5.76. The minimum Gasteiger partial charge on any atom is -0.326 e. The lowest BCUT2D eigenvalue weighted by molar-refractivity contribution is -0.134. The number of nitrogens with zero attached hydrogens (tertiary/aromatic N) is 2. The fraction of sp³-hybridized carbons (Fsp3) is 0.818. The molecule has 1 atom stereocenters. The van der Waals surface area contributed by atoms with Gasteiger partial charge in [-0.15, -0.1) is 11.6 Å². The standard InChI is InChI=1S/C11H17ClN2O/c1-9(12)10(15)14(2)11(8-13)6-4-3-5-7-11/h9H,3-7H2,1-2H3. The molecule has 1 aliphatic carbocycles. The molecule has 0 aliphatic heterocycles. The van der Waals surface area contributed by atoms with Gasteiger partial charge in [0.1, 0.15) is 10.9 Å². The summed E-state index contributed by atoms with van der Waals surface area (Å²) in [4.78, 5) is 13.3. The summed E-state index contributed by atoms with van der Waals surface area (Å²) in [6.45, 7) is 1.65. The van der Waals surface area contributed by atoms with E-state index in [1.807, 2.05) is 0 Å². The molecule has 1 fully saturated rings. The van der Waals surface area contributed by atoms with Crippen LogP contribution in [-0.2, 0) is 4.79 Å². The molecule has 15 heavy (non-hydrogen) atoms. The second-order valence-electron chi connectivity index (χ2n) is 4.22. The molecule has 0 spiro atoms. The summed E-state index contributed by atoms with van der Waals surface area (Å²) in [7, 11) is 1.69. The second-order valence-corrected chi connectivity index (χ2v) is 4.87. The molecule has 1 unspecified atom stereocenters. The number of rotatable bonds is 2. The van der Waals surface area contributed by atoms with Crippen LogP contribution >= 0.6 is 11.6 Å². The first-order valence-corrected chi connectivity index (χ1v) is 5.80. The van der Waals surface area contributed by atoms with Gasteiger partial charge >= 0.3 is 0 Å². The number of hydrogen-bond acceptors (Lipinski definition) is 2. The third kappa shape index (κ3) is 2.43. The Balaban J connectivity index is 2.82. The molecule has 1 amide bonds. The van der Waals surface area contributed by atoms with Crippen molar-refractivity contribution >= 4 is 17.5 Å². The third-order valence-electron chi connectivity index (χ3n) is 3.20. The summed E-state index contributed by atoms with van der Waals surface area (Å²) in [6.07, 6.45) is 4.73. The summed E-state index contributed by atoms with van der Waals surface area (Å²) in [5.41, 5.74) is -0.613. The first-order valence-electron chi connectivity index (χ1n) is 5.36. The highest BCUT2D eigenvalue weighted by Gasteiger charge is 2.39. The minimum absolute atomic E-state index is 0.153. The van der Waals surface area contributed by atoms with Crippen LogP contribution in [0.3, 0.4) is 0 Å². The molecule has 0 aromatic heterocycles. The van der Waals surface area contributed by atoms with Crippen molar-refractivity contribution in [3.8, 4) is 6.07 Å². The average Bonchev–Trinajstić information content (AvgIpc) is 2.27. The van der Waals surface area contributed by atoms with Gasteiger partial charge in [0, 0.05) is 7.05 Å². The van der Waals surface area contributed by atoms with Crippen molar-refractivity contribution in [2.75, 3.05) is 7.05 Å². The first-order chi connectivity index (χ1) is 7.03. The molecule has 1 saturated carbocycles. The zero-order valence-electron chi connectivity index (χ0n) is 9.29. The number of carbonyl (C=O) groups excluding carboxylic acids is 1. The Labute approximate surface area is 96.0 Å². The zero-order valence-corrected chi connectivity index (χ0v) is 10.0. The molecule has 0 saturated heterocycles. The van der Waals surface area contributed by atoms with E-state index >= 15 is 0 Å². The molecule has 0 aromatic carbocycles. The van der Waals surface area contributed by atoms with Crippen molar-refractivity contribution < 1.29 is 4.79 Å². The Bertz CT molecular complexity index is 277. The topological polar surface area (TPSA) is 44.1 Å². The smallest absolute Gasteiger partial charge is 0.241 e. The number of amides is 1. The Morgan fingerprint density at radius 1 is 1.47 bits per heavy atom. The van der Waals surface area contributed by atoms with Crippen LogP contribution in [-0.4, -0.2) is 28.8 Å². The molecule has 0 heterocycles. The van der Waals surface area contributed by atoms with E-state index in [-0.39, 0.29) is 5.91 Å². The van der Waals surface area contributed by atoms with E-state index in [0.29, 0.717) is 0 Å². The molecular weight excluding hydrogens is 212 g/mol. The normalized spacial score (nSPS) is 21.5. The summed E-state index contributed by atoms with van der Waals surface area (Å²) in [5.74, 6) is -0.153. The Kier molecular flexibility index (Phi) is 3.98. The summed E-state index contributed by atoms with van der Waals surface area (Å²) < 4.78 is 0. The van der Waals surface area contributed by atoms with Gasteiger partial charge in [-0.05, 0) is 19.8 Å². The van der Waals surface area contributed by atoms with Crippen LogP contribution in [0, 0.1) is 11.3 Å². The van der Waals surface area contributed by atoms with Crippen LogP contribution in [0.25, 0.3) is 0 Å². The van der Waals surface area contributed by atoms with Gasteiger partial charge < -0.3 is 4.90 Å². The van der Waals surface area contributed by atoms with E-state index in [1.54, 1.807) is 18.9 Å². The maximum absolute atomic E-state index is 11.7. The van der Waals surface area contributed by atoms with Crippen molar-refractivity contribution in [1.82, 2.24) is 4.90 Å². The quantitative estimate of drug-likeness (QED) is 0.681. The molecule has 0 bridgehead atoms. The first kappa shape index (κ1) is 12.3. The monoisotopic (exact) mass is 228 g/mol. The molecule has 1 rings (SSSR count). The number of halogens is 1. The molecule has 84 valence electrons. The minimum atomic E-state index is -0.613. The van der Waals surface area contributed by atoms with Gasteiger partial charge in [-0.25, -0.2) is 0 Å². The van der Waals surface area contributed by atoms with Crippen molar-refractivity contribution in [3.63, 3.8) is 0 Å². The van der Waals surface area contributed by atoms with Crippen LogP contribution in [0.5, 0.6) is 0 Å². The average molecular weight is 229 g/mol.